The van der Waals surface area contributed by atoms with Crippen LogP contribution in [-0.4, -0.2) is 22.8 Å². The second-order valence-corrected chi connectivity index (χ2v) is 5.10. The van der Waals surface area contributed by atoms with Crippen molar-refractivity contribution in [3.05, 3.63) is 45.7 Å². The van der Waals surface area contributed by atoms with E-state index in [1.165, 1.54) is 0 Å². The highest BCUT2D eigenvalue weighted by Gasteiger charge is 2.16. The molecule has 0 aliphatic rings. The molecule has 1 aromatic heterocycles. The van der Waals surface area contributed by atoms with Crippen molar-refractivity contribution < 1.29 is 14.6 Å². The molecule has 0 saturated heterocycles. The molecular formula is C14H14BrNO3. The van der Waals surface area contributed by atoms with E-state index in [9.17, 15) is 4.79 Å². The van der Waals surface area contributed by atoms with Crippen molar-refractivity contribution in [2.24, 2.45) is 0 Å². The lowest BCUT2D eigenvalue weighted by Gasteiger charge is -2.12. The number of carbonyl (C=O) groups is 1. The summed E-state index contributed by atoms with van der Waals surface area (Å²) < 4.78 is 8.03. The van der Waals surface area contributed by atoms with Crippen LogP contribution in [0.4, 0.5) is 0 Å². The molecule has 1 aromatic carbocycles. The second-order valence-electron chi connectivity index (χ2n) is 4.24. The van der Waals surface area contributed by atoms with Crippen LogP contribution in [0.2, 0.25) is 0 Å². The lowest BCUT2D eigenvalue weighted by molar-refractivity contribution is 0.0696. The average molecular weight is 324 g/mol. The summed E-state index contributed by atoms with van der Waals surface area (Å²) in [5.74, 6) is -0.203. The van der Waals surface area contributed by atoms with E-state index in [0.717, 1.165) is 15.9 Å². The monoisotopic (exact) mass is 323 g/mol. The maximum absolute atomic E-state index is 11.2. The van der Waals surface area contributed by atoms with Crippen LogP contribution in [0.25, 0.3) is 5.69 Å². The van der Waals surface area contributed by atoms with Gasteiger partial charge in [0, 0.05) is 23.1 Å². The van der Waals surface area contributed by atoms with E-state index in [0.29, 0.717) is 17.0 Å². The van der Waals surface area contributed by atoms with Gasteiger partial charge in [0.2, 0.25) is 0 Å². The topological polar surface area (TPSA) is 51.5 Å². The lowest BCUT2D eigenvalue weighted by Crippen LogP contribution is -2.02. The maximum atomic E-state index is 11.2. The van der Waals surface area contributed by atoms with E-state index < -0.39 is 5.97 Å². The Kier molecular flexibility index (Phi) is 3.66. The molecule has 1 heterocycles. The standard InChI is InChI=1S/C14H14BrNO3/c1-8-6-11(14(17)18)9(2)16(8)10-4-5-12(15)13(7-10)19-3/h4-7H,1-3H3,(H,17,18). The quantitative estimate of drug-likeness (QED) is 0.939. The minimum Gasteiger partial charge on any atom is -0.495 e. The van der Waals surface area contributed by atoms with Crippen LogP contribution in [-0.2, 0) is 0 Å². The highest BCUT2D eigenvalue weighted by Crippen LogP contribution is 2.29. The van der Waals surface area contributed by atoms with Crippen LogP contribution in [0.5, 0.6) is 5.75 Å². The van der Waals surface area contributed by atoms with Crippen LogP contribution in [0.1, 0.15) is 21.7 Å². The van der Waals surface area contributed by atoms with Gasteiger partial charge in [0.05, 0.1) is 17.1 Å². The van der Waals surface area contributed by atoms with Crippen LogP contribution >= 0.6 is 15.9 Å². The number of aryl methyl sites for hydroxylation is 1. The zero-order valence-corrected chi connectivity index (χ0v) is 12.5. The number of carboxylic acid groups (broad SMARTS) is 1. The molecule has 0 fully saturated rings. The first-order valence-corrected chi connectivity index (χ1v) is 6.51. The number of ether oxygens (including phenoxy) is 1. The van der Waals surface area contributed by atoms with Gasteiger partial charge in [0.15, 0.2) is 0 Å². The molecule has 5 heteroatoms. The predicted octanol–water partition coefficient (Wildman–Crippen LogP) is 3.56. The van der Waals surface area contributed by atoms with Crippen LogP contribution in [0.15, 0.2) is 28.7 Å². The Morgan fingerprint density at radius 3 is 2.53 bits per heavy atom. The first-order valence-electron chi connectivity index (χ1n) is 5.72. The Labute approximate surface area is 119 Å². The van der Waals surface area contributed by atoms with Crippen molar-refractivity contribution in [2.75, 3.05) is 7.11 Å². The van der Waals surface area contributed by atoms with Gasteiger partial charge in [-0.15, -0.1) is 0 Å². The third-order valence-corrected chi connectivity index (χ3v) is 3.71. The van der Waals surface area contributed by atoms with Crippen molar-refractivity contribution in [3.63, 3.8) is 0 Å². The van der Waals surface area contributed by atoms with Crippen molar-refractivity contribution in [3.8, 4) is 11.4 Å². The third-order valence-electron chi connectivity index (χ3n) is 3.05. The van der Waals surface area contributed by atoms with Gasteiger partial charge < -0.3 is 14.4 Å². The summed E-state index contributed by atoms with van der Waals surface area (Å²) in [6, 6.07) is 7.34. The summed E-state index contributed by atoms with van der Waals surface area (Å²) in [7, 11) is 1.60. The smallest absolute Gasteiger partial charge is 0.337 e. The number of nitrogens with zero attached hydrogens (tertiary/aromatic N) is 1. The van der Waals surface area contributed by atoms with Crippen molar-refractivity contribution in [2.45, 2.75) is 13.8 Å². The predicted molar refractivity (Wildman–Crippen MR) is 76.5 cm³/mol. The summed E-state index contributed by atoms with van der Waals surface area (Å²) in [5, 5.41) is 9.15. The fourth-order valence-corrected chi connectivity index (χ4v) is 2.57. The second kappa shape index (κ2) is 5.09. The van der Waals surface area contributed by atoms with Crippen molar-refractivity contribution in [1.29, 1.82) is 0 Å². The van der Waals surface area contributed by atoms with E-state index in [2.05, 4.69) is 15.9 Å². The molecule has 0 saturated carbocycles. The van der Waals surface area contributed by atoms with Crippen molar-refractivity contribution in [1.82, 2.24) is 4.57 Å². The molecule has 0 aliphatic carbocycles. The molecule has 0 aliphatic heterocycles. The molecule has 4 nitrogen and oxygen atoms in total. The molecule has 0 spiro atoms. The fourth-order valence-electron chi connectivity index (χ4n) is 2.16. The summed E-state index contributed by atoms with van der Waals surface area (Å²) >= 11 is 3.40. The summed E-state index contributed by atoms with van der Waals surface area (Å²) in [4.78, 5) is 11.2. The Morgan fingerprint density at radius 2 is 2.00 bits per heavy atom. The molecule has 0 bridgehead atoms. The minimum absolute atomic E-state index is 0.319. The number of benzene rings is 1. The van der Waals surface area contributed by atoms with Crippen LogP contribution in [0.3, 0.4) is 0 Å². The number of hydrogen-bond acceptors (Lipinski definition) is 2. The van der Waals surface area contributed by atoms with Gasteiger partial charge in [-0.05, 0) is 48.0 Å². The number of carboxylic acids is 1. The normalized spacial score (nSPS) is 10.5. The number of rotatable bonds is 3. The fraction of sp³-hybridized carbons (Fsp3) is 0.214. The van der Waals surface area contributed by atoms with Gasteiger partial charge in [-0.2, -0.15) is 0 Å². The summed E-state index contributed by atoms with van der Waals surface area (Å²) in [6.07, 6.45) is 0. The van der Waals surface area contributed by atoms with Gasteiger partial charge in [0.1, 0.15) is 5.75 Å². The van der Waals surface area contributed by atoms with Gasteiger partial charge >= 0.3 is 5.97 Å². The average Bonchev–Trinajstić information content (AvgIpc) is 2.66. The molecule has 0 radical (unpaired) electrons. The minimum atomic E-state index is -0.913. The number of aromatic carboxylic acids is 1. The van der Waals surface area contributed by atoms with E-state index in [-0.39, 0.29) is 0 Å². The number of methoxy groups -OCH3 is 1. The highest BCUT2D eigenvalue weighted by molar-refractivity contribution is 9.10. The van der Waals surface area contributed by atoms with E-state index in [4.69, 9.17) is 9.84 Å². The first-order chi connectivity index (χ1) is 8.95. The van der Waals surface area contributed by atoms with Gasteiger partial charge in [-0.1, -0.05) is 0 Å². The number of halogens is 1. The molecule has 2 aromatic rings. The zero-order chi connectivity index (χ0) is 14.2. The van der Waals surface area contributed by atoms with Gasteiger partial charge in [-0.25, -0.2) is 4.79 Å². The Balaban J connectivity index is 2.62. The molecular weight excluding hydrogens is 310 g/mol. The Morgan fingerprint density at radius 1 is 1.32 bits per heavy atom. The molecule has 0 unspecified atom stereocenters. The number of aromatic nitrogens is 1. The Bertz CT molecular complexity index is 646. The van der Waals surface area contributed by atoms with E-state index >= 15 is 0 Å². The maximum Gasteiger partial charge on any atom is 0.337 e. The molecule has 100 valence electrons. The van der Waals surface area contributed by atoms with E-state index in [1.54, 1.807) is 20.1 Å². The molecule has 19 heavy (non-hydrogen) atoms. The zero-order valence-electron chi connectivity index (χ0n) is 10.9. The summed E-state index contributed by atoms with van der Waals surface area (Å²) in [6.45, 7) is 3.68. The highest BCUT2D eigenvalue weighted by atomic mass is 79.9. The lowest BCUT2D eigenvalue weighted by atomic mass is 10.2. The SMILES string of the molecule is COc1cc(-n2c(C)cc(C(=O)O)c2C)ccc1Br. The van der Waals surface area contributed by atoms with Crippen molar-refractivity contribution >= 4 is 21.9 Å². The van der Waals surface area contributed by atoms with E-state index in [1.807, 2.05) is 29.7 Å². The molecule has 0 amide bonds. The molecule has 1 N–H and O–H groups in total. The van der Waals surface area contributed by atoms with Gasteiger partial charge in [0.25, 0.3) is 0 Å². The molecule has 0 atom stereocenters. The number of hydrogen-bond donors (Lipinski definition) is 1. The van der Waals surface area contributed by atoms with Gasteiger partial charge in [-0.3, -0.25) is 0 Å². The Hall–Kier alpha value is -1.75. The van der Waals surface area contributed by atoms with Crippen LogP contribution in [0, 0.1) is 13.8 Å². The summed E-state index contributed by atoms with van der Waals surface area (Å²) in [5.41, 5.74) is 2.77. The molecule has 2 rings (SSSR count). The third kappa shape index (κ3) is 2.38. The first kappa shape index (κ1) is 13.7. The largest absolute Gasteiger partial charge is 0.495 e. The van der Waals surface area contributed by atoms with Crippen LogP contribution < -0.4 is 4.74 Å².